The van der Waals surface area contributed by atoms with E-state index >= 15 is 0 Å². The maximum absolute atomic E-state index is 12.8. The van der Waals surface area contributed by atoms with Gasteiger partial charge in [-0.3, -0.25) is 19.8 Å². The highest BCUT2D eigenvalue weighted by Gasteiger charge is 2.32. The van der Waals surface area contributed by atoms with Crippen LogP contribution in [0.3, 0.4) is 0 Å². The van der Waals surface area contributed by atoms with Crippen molar-refractivity contribution in [3.05, 3.63) is 75.8 Å². The maximum Gasteiger partial charge on any atom is 0.269 e. The SMILES string of the molecule is C[C@H](N(C)C(=O)Cc1cccc([N+](=O)[O-])c1)N1CCC[C@H]1c1ccccc1. The molecule has 27 heavy (non-hydrogen) atoms. The number of amides is 1. The molecule has 0 bridgehead atoms. The van der Waals surface area contributed by atoms with Crippen molar-refractivity contribution in [2.24, 2.45) is 0 Å². The molecule has 0 aromatic heterocycles. The molecule has 0 radical (unpaired) electrons. The molecule has 1 fully saturated rings. The molecule has 2 atom stereocenters. The van der Waals surface area contributed by atoms with Gasteiger partial charge in [0.1, 0.15) is 0 Å². The quantitative estimate of drug-likeness (QED) is 0.576. The molecule has 0 aliphatic carbocycles. The van der Waals surface area contributed by atoms with Gasteiger partial charge in [0.2, 0.25) is 5.91 Å². The topological polar surface area (TPSA) is 66.7 Å². The summed E-state index contributed by atoms with van der Waals surface area (Å²) in [4.78, 5) is 27.4. The summed E-state index contributed by atoms with van der Waals surface area (Å²) in [7, 11) is 1.81. The molecule has 1 aliphatic heterocycles. The van der Waals surface area contributed by atoms with Gasteiger partial charge in [-0.2, -0.15) is 0 Å². The largest absolute Gasteiger partial charge is 0.330 e. The highest BCUT2D eigenvalue weighted by Crippen LogP contribution is 2.34. The minimum atomic E-state index is -0.436. The molecule has 0 unspecified atom stereocenters. The first-order valence-corrected chi connectivity index (χ1v) is 9.27. The zero-order chi connectivity index (χ0) is 19.4. The molecule has 0 spiro atoms. The Kier molecular flexibility index (Phi) is 5.86. The fraction of sp³-hybridized carbons (Fsp3) is 0.381. The fourth-order valence-corrected chi connectivity index (χ4v) is 3.78. The first-order chi connectivity index (χ1) is 13.0. The van der Waals surface area contributed by atoms with Gasteiger partial charge in [-0.1, -0.05) is 42.5 Å². The number of hydrogen-bond acceptors (Lipinski definition) is 4. The Morgan fingerprint density at radius 1 is 1.26 bits per heavy atom. The third-order valence-corrected chi connectivity index (χ3v) is 5.39. The van der Waals surface area contributed by atoms with Gasteiger partial charge in [0.05, 0.1) is 17.5 Å². The van der Waals surface area contributed by atoms with E-state index in [9.17, 15) is 14.9 Å². The van der Waals surface area contributed by atoms with Gasteiger partial charge in [-0.15, -0.1) is 0 Å². The van der Waals surface area contributed by atoms with Crippen LogP contribution in [-0.2, 0) is 11.2 Å². The highest BCUT2D eigenvalue weighted by molar-refractivity contribution is 5.79. The van der Waals surface area contributed by atoms with E-state index < -0.39 is 4.92 Å². The number of rotatable bonds is 6. The van der Waals surface area contributed by atoms with E-state index in [1.165, 1.54) is 17.7 Å². The summed E-state index contributed by atoms with van der Waals surface area (Å²) in [6, 6.07) is 17.0. The van der Waals surface area contributed by atoms with Gasteiger partial charge >= 0.3 is 0 Å². The molecule has 142 valence electrons. The van der Waals surface area contributed by atoms with Crippen LogP contribution < -0.4 is 0 Å². The van der Waals surface area contributed by atoms with Crippen molar-refractivity contribution in [1.82, 2.24) is 9.80 Å². The molecule has 1 saturated heterocycles. The zero-order valence-corrected chi connectivity index (χ0v) is 15.7. The summed E-state index contributed by atoms with van der Waals surface area (Å²) in [6.07, 6.45) is 2.31. The molecule has 0 N–H and O–H groups in total. The van der Waals surface area contributed by atoms with Crippen molar-refractivity contribution in [2.45, 2.75) is 38.4 Å². The van der Waals surface area contributed by atoms with Crippen LogP contribution >= 0.6 is 0 Å². The number of carbonyl (C=O) groups is 1. The van der Waals surface area contributed by atoms with Crippen LogP contribution in [0.4, 0.5) is 5.69 Å². The van der Waals surface area contributed by atoms with Crippen LogP contribution in [0.2, 0.25) is 0 Å². The van der Waals surface area contributed by atoms with Crippen molar-refractivity contribution in [3.63, 3.8) is 0 Å². The third kappa shape index (κ3) is 4.34. The van der Waals surface area contributed by atoms with E-state index in [1.807, 2.05) is 32.2 Å². The third-order valence-electron chi connectivity index (χ3n) is 5.39. The van der Waals surface area contributed by atoms with E-state index in [0.29, 0.717) is 11.6 Å². The van der Waals surface area contributed by atoms with Crippen molar-refractivity contribution in [3.8, 4) is 0 Å². The Labute approximate surface area is 159 Å². The Balaban J connectivity index is 1.69. The molecule has 1 aliphatic rings. The van der Waals surface area contributed by atoms with E-state index in [1.54, 1.807) is 17.0 Å². The smallest absolute Gasteiger partial charge is 0.269 e. The fourth-order valence-electron chi connectivity index (χ4n) is 3.78. The van der Waals surface area contributed by atoms with Gasteiger partial charge in [-0.05, 0) is 30.9 Å². The zero-order valence-electron chi connectivity index (χ0n) is 15.7. The predicted molar refractivity (Wildman–Crippen MR) is 104 cm³/mol. The number of nitrogens with zero attached hydrogens (tertiary/aromatic N) is 3. The van der Waals surface area contributed by atoms with Crippen molar-refractivity contribution < 1.29 is 9.72 Å². The number of nitro groups is 1. The lowest BCUT2D eigenvalue weighted by Crippen LogP contribution is -2.47. The first-order valence-electron chi connectivity index (χ1n) is 9.27. The molecule has 6 nitrogen and oxygen atoms in total. The second kappa shape index (κ2) is 8.31. The monoisotopic (exact) mass is 367 g/mol. The molecule has 6 heteroatoms. The van der Waals surface area contributed by atoms with Crippen molar-refractivity contribution >= 4 is 11.6 Å². The number of carbonyl (C=O) groups excluding carboxylic acids is 1. The maximum atomic E-state index is 12.8. The van der Waals surface area contributed by atoms with Gasteiger partial charge < -0.3 is 4.90 Å². The van der Waals surface area contributed by atoms with Gasteiger partial charge in [-0.25, -0.2) is 0 Å². The van der Waals surface area contributed by atoms with Gasteiger partial charge in [0.25, 0.3) is 5.69 Å². The standard InChI is InChI=1S/C21H25N3O3/c1-16(23-13-7-12-20(23)18-9-4-3-5-10-18)22(2)21(25)15-17-8-6-11-19(14-17)24(26)27/h3-6,8-11,14,16,20H,7,12-13,15H2,1-2H3/t16-,20+/m1/s1. The molecule has 3 rings (SSSR count). The number of benzene rings is 2. The van der Waals surface area contributed by atoms with E-state index in [0.717, 1.165) is 19.4 Å². The summed E-state index contributed by atoms with van der Waals surface area (Å²) in [5, 5.41) is 10.9. The molecule has 1 heterocycles. The minimum Gasteiger partial charge on any atom is -0.330 e. The molecule has 2 aromatic carbocycles. The number of hydrogen-bond donors (Lipinski definition) is 0. The van der Waals surface area contributed by atoms with Crippen LogP contribution in [0, 0.1) is 10.1 Å². The highest BCUT2D eigenvalue weighted by atomic mass is 16.6. The average molecular weight is 367 g/mol. The van der Waals surface area contributed by atoms with Crippen LogP contribution in [0.5, 0.6) is 0 Å². The summed E-state index contributed by atoms with van der Waals surface area (Å²) < 4.78 is 0. The Morgan fingerprint density at radius 3 is 2.70 bits per heavy atom. The second-order valence-corrected chi connectivity index (χ2v) is 7.05. The molecular weight excluding hydrogens is 342 g/mol. The van der Waals surface area contributed by atoms with E-state index in [4.69, 9.17) is 0 Å². The Hall–Kier alpha value is -2.73. The first kappa shape index (κ1) is 19.0. The summed E-state index contributed by atoms with van der Waals surface area (Å²) in [5.41, 5.74) is 1.95. The molecule has 2 aromatic rings. The lowest BCUT2D eigenvalue weighted by atomic mass is 10.0. The average Bonchev–Trinajstić information content (AvgIpc) is 3.17. The van der Waals surface area contributed by atoms with Crippen molar-refractivity contribution in [2.75, 3.05) is 13.6 Å². The van der Waals surface area contributed by atoms with E-state index in [-0.39, 0.29) is 24.2 Å². The van der Waals surface area contributed by atoms with Crippen LogP contribution in [0.25, 0.3) is 0 Å². The second-order valence-electron chi connectivity index (χ2n) is 7.05. The summed E-state index contributed by atoms with van der Waals surface area (Å²) in [6.45, 7) is 3.00. The number of likely N-dealkylation sites (N-methyl/N-ethyl adjacent to an activating group) is 1. The normalized spacial score (nSPS) is 18.2. The van der Waals surface area contributed by atoms with Gasteiger partial charge in [0.15, 0.2) is 0 Å². The molecular formula is C21H25N3O3. The number of likely N-dealkylation sites (tertiary alicyclic amines) is 1. The molecule has 0 saturated carbocycles. The summed E-state index contributed by atoms with van der Waals surface area (Å²) >= 11 is 0. The van der Waals surface area contributed by atoms with Crippen molar-refractivity contribution in [1.29, 1.82) is 0 Å². The van der Waals surface area contributed by atoms with Crippen LogP contribution in [-0.4, -0.2) is 40.4 Å². The lowest BCUT2D eigenvalue weighted by Gasteiger charge is -2.37. The lowest BCUT2D eigenvalue weighted by molar-refractivity contribution is -0.384. The van der Waals surface area contributed by atoms with Crippen LogP contribution in [0.1, 0.15) is 36.9 Å². The van der Waals surface area contributed by atoms with Crippen LogP contribution in [0.15, 0.2) is 54.6 Å². The number of nitro benzene ring substituents is 1. The minimum absolute atomic E-state index is 0.0136. The Bertz CT molecular complexity index is 809. The Morgan fingerprint density at radius 2 is 2.00 bits per heavy atom. The summed E-state index contributed by atoms with van der Waals surface area (Å²) in [5.74, 6) is -0.0401. The number of non-ortho nitro benzene ring substituents is 1. The predicted octanol–water partition coefficient (Wildman–Crippen LogP) is 3.78. The van der Waals surface area contributed by atoms with E-state index in [2.05, 4.69) is 17.0 Å². The van der Waals surface area contributed by atoms with Gasteiger partial charge in [0, 0.05) is 31.8 Å². The molecule has 1 amide bonds.